The lowest BCUT2D eigenvalue weighted by atomic mass is 10.1. The van der Waals surface area contributed by atoms with Gasteiger partial charge >= 0.3 is 6.18 Å². The minimum atomic E-state index is -4.67. The number of pyridine rings is 3. The monoisotopic (exact) mass is 458 g/mol. The fourth-order valence-corrected chi connectivity index (χ4v) is 3.32. The minimum Gasteiger partial charge on any atom is -0.389 e. The van der Waals surface area contributed by atoms with Crippen LogP contribution in [0.1, 0.15) is 19.4 Å². The van der Waals surface area contributed by atoms with E-state index in [0.717, 1.165) is 6.07 Å². The predicted molar refractivity (Wildman–Crippen MR) is 117 cm³/mol. The van der Waals surface area contributed by atoms with E-state index in [1.807, 2.05) is 0 Å². The van der Waals surface area contributed by atoms with E-state index in [1.54, 1.807) is 39.2 Å². The second kappa shape index (κ2) is 8.00. The van der Waals surface area contributed by atoms with Gasteiger partial charge in [0.1, 0.15) is 22.7 Å². The average molecular weight is 458 g/mol. The zero-order valence-corrected chi connectivity index (χ0v) is 18.1. The van der Waals surface area contributed by atoms with E-state index in [9.17, 15) is 23.1 Å². The first-order chi connectivity index (χ1) is 15.4. The highest BCUT2D eigenvalue weighted by molar-refractivity contribution is 5.77. The minimum absolute atomic E-state index is 0.0612. The average Bonchev–Trinajstić information content (AvgIpc) is 3.09. The number of aryl methyl sites for hydroxylation is 1. The lowest BCUT2D eigenvalue weighted by Gasteiger charge is -2.18. The van der Waals surface area contributed by atoms with Crippen molar-refractivity contribution in [2.75, 3.05) is 5.32 Å². The van der Waals surface area contributed by atoms with Gasteiger partial charge in [-0.05, 0) is 43.7 Å². The van der Waals surface area contributed by atoms with Crippen molar-refractivity contribution < 1.29 is 18.3 Å². The lowest BCUT2D eigenvalue weighted by Crippen LogP contribution is -2.25. The van der Waals surface area contributed by atoms with Crippen LogP contribution in [-0.4, -0.2) is 34.8 Å². The Morgan fingerprint density at radius 1 is 1.09 bits per heavy atom. The maximum absolute atomic E-state index is 13.7. The Hall–Kier alpha value is -3.73. The Morgan fingerprint density at radius 2 is 1.85 bits per heavy atom. The summed E-state index contributed by atoms with van der Waals surface area (Å²) in [7, 11) is 1.63. The summed E-state index contributed by atoms with van der Waals surface area (Å²) >= 11 is 0. The molecule has 4 heterocycles. The number of fused-ring (bicyclic) bond motifs is 1. The molecule has 172 valence electrons. The van der Waals surface area contributed by atoms with Crippen LogP contribution in [0, 0.1) is 0 Å². The van der Waals surface area contributed by atoms with Crippen LogP contribution in [0.4, 0.5) is 24.8 Å². The molecule has 0 spiro atoms. The van der Waals surface area contributed by atoms with E-state index < -0.39 is 23.2 Å². The van der Waals surface area contributed by atoms with Crippen molar-refractivity contribution in [2.45, 2.75) is 32.2 Å². The first kappa shape index (κ1) is 22.5. The predicted octanol–water partition coefficient (Wildman–Crippen LogP) is 3.73. The maximum atomic E-state index is 13.7. The number of aliphatic hydroxyl groups is 1. The second-order valence-corrected chi connectivity index (χ2v) is 8.33. The fourth-order valence-electron chi connectivity index (χ4n) is 3.32. The number of halogens is 3. The molecule has 4 aromatic heterocycles. The van der Waals surface area contributed by atoms with Crippen LogP contribution >= 0.6 is 0 Å². The standard InChI is InChI=1S/C22H21F3N6O2/c1-21(2,33)11-31-12-27-16-9-15(22(23,24)25)19(29-20(16)31)28-17-5-4-14(10-26-17)13-6-7-30(3)18(32)8-13/h4-10,12,33H,11H2,1-3H3,(H,26,28,29). The number of aromatic nitrogens is 5. The molecule has 0 amide bonds. The van der Waals surface area contributed by atoms with Crippen LogP contribution in [-0.2, 0) is 19.8 Å². The molecule has 4 aromatic rings. The smallest absolute Gasteiger partial charge is 0.389 e. The van der Waals surface area contributed by atoms with Gasteiger partial charge in [0, 0.05) is 31.1 Å². The number of nitrogens with zero attached hydrogens (tertiary/aromatic N) is 5. The van der Waals surface area contributed by atoms with Crippen molar-refractivity contribution in [3.05, 3.63) is 65.0 Å². The Labute approximate surface area is 186 Å². The molecule has 8 nitrogen and oxygen atoms in total. The normalized spacial score (nSPS) is 12.3. The van der Waals surface area contributed by atoms with Crippen LogP contribution < -0.4 is 10.9 Å². The van der Waals surface area contributed by atoms with E-state index in [-0.39, 0.29) is 29.1 Å². The Morgan fingerprint density at radius 3 is 2.45 bits per heavy atom. The van der Waals surface area contributed by atoms with E-state index in [0.29, 0.717) is 11.1 Å². The summed E-state index contributed by atoms with van der Waals surface area (Å²) in [5.74, 6) is -0.283. The molecule has 0 fully saturated rings. The molecule has 33 heavy (non-hydrogen) atoms. The highest BCUT2D eigenvalue weighted by Gasteiger charge is 2.36. The van der Waals surface area contributed by atoms with Gasteiger partial charge in [-0.15, -0.1) is 0 Å². The molecule has 0 unspecified atom stereocenters. The fraction of sp³-hybridized carbons (Fsp3) is 0.273. The van der Waals surface area contributed by atoms with Gasteiger partial charge in [0.2, 0.25) is 0 Å². The highest BCUT2D eigenvalue weighted by Crippen LogP contribution is 2.36. The highest BCUT2D eigenvalue weighted by atomic mass is 19.4. The Kier molecular flexibility index (Phi) is 5.44. The molecule has 0 aliphatic carbocycles. The number of nitrogens with one attached hydrogen (secondary N) is 1. The maximum Gasteiger partial charge on any atom is 0.420 e. The number of hydrogen-bond donors (Lipinski definition) is 2. The van der Waals surface area contributed by atoms with Gasteiger partial charge in [-0.1, -0.05) is 0 Å². The Balaban J connectivity index is 1.71. The molecule has 0 saturated carbocycles. The van der Waals surface area contributed by atoms with E-state index in [1.165, 1.54) is 33.8 Å². The molecule has 4 rings (SSSR count). The zero-order chi connectivity index (χ0) is 24.0. The van der Waals surface area contributed by atoms with Gasteiger partial charge in [0.25, 0.3) is 5.56 Å². The number of imidazole rings is 1. The number of anilines is 2. The van der Waals surface area contributed by atoms with Crippen LogP contribution in [0.25, 0.3) is 22.3 Å². The van der Waals surface area contributed by atoms with Crippen molar-refractivity contribution in [2.24, 2.45) is 7.05 Å². The topological polar surface area (TPSA) is 97.9 Å². The third-order valence-corrected chi connectivity index (χ3v) is 4.90. The first-order valence-corrected chi connectivity index (χ1v) is 9.96. The lowest BCUT2D eigenvalue weighted by molar-refractivity contribution is -0.137. The molecule has 0 aliphatic heterocycles. The number of hydrogen-bond acceptors (Lipinski definition) is 6. The summed E-state index contributed by atoms with van der Waals surface area (Å²) in [6, 6.07) is 7.26. The zero-order valence-electron chi connectivity index (χ0n) is 18.1. The summed E-state index contributed by atoms with van der Waals surface area (Å²) in [6.45, 7) is 3.26. The SMILES string of the molecule is Cn1ccc(-c2ccc(Nc3nc4c(cc3C(F)(F)F)ncn4CC(C)(C)O)nc2)cc1=O. The summed E-state index contributed by atoms with van der Waals surface area (Å²) in [6.07, 6.45) is -0.249. The molecule has 0 bridgehead atoms. The van der Waals surface area contributed by atoms with Crippen molar-refractivity contribution in [3.8, 4) is 11.1 Å². The largest absolute Gasteiger partial charge is 0.420 e. The molecule has 11 heteroatoms. The molecule has 0 atom stereocenters. The summed E-state index contributed by atoms with van der Waals surface area (Å²) in [5, 5.41) is 12.7. The molecular formula is C22H21F3N6O2. The van der Waals surface area contributed by atoms with Gasteiger partial charge in [0.05, 0.1) is 18.5 Å². The van der Waals surface area contributed by atoms with Gasteiger partial charge < -0.3 is 19.6 Å². The molecule has 0 radical (unpaired) electrons. The third-order valence-electron chi connectivity index (χ3n) is 4.90. The van der Waals surface area contributed by atoms with Crippen LogP contribution in [0.2, 0.25) is 0 Å². The summed E-state index contributed by atoms with van der Waals surface area (Å²) < 4.78 is 44.0. The van der Waals surface area contributed by atoms with Crippen LogP contribution in [0.5, 0.6) is 0 Å². The van der Waals surface area contributed by atoms with Gasteiger partial charge in [-0.25, -0.2) is 15.0 Å². The summed E-state index contributed by atoms with van der Waals surface area (Å²) in [5.41, 5.74) is -0.744. The van der Waals surface area contributed by atoms with Gasteiger partial charge in [-0.2, -0.15) is 13.2 Å². The third kappa shape index (κ3) is 4.87. The molecule has 0 aliphatic rings. The van der Waals surface area contributed by atoms with Gasteiger partial charge in [0.15, 0.2) is 5.65 Å². The first-order valence-electron chi connectivity index (χ1n) is 9.96. The molecule has 0 saturated heterocycles. The molecular weight excluding hydrogens is 437 g/mol. The van der Waals surface area contributed by atoms with E-state index in [2.05, 4.69) is 20.3 Å². The van der Waals surface area contributed by atoms with Crippen molar-refractivity contribution in [1.82, 2.24) is 24.1 Å². The number of alkyl halides is 3. The van der Waals surface area contributed by atoms with Gasteiger partial charge in [-0.3, -0.25) is 4.79 Å². The van der Waals surface area contributed by atoms with Crippen LogP contribution in [0.15, 0.2) is 53.8 Å². The second-order valence-electron chi connectivity index (χ2n) is 8.33. The van der Waals surface area contributed by atoms with Crippen LogP contribution in [0.3, 0.4) is 0 Å². The molecule has 2 N–H and O–H groups in total. The summed E-state index contributed by atoms with van der Waals surface area (Å²) in [4.78, 5) is 24.2. The Bertz CT molecular complexity index is 1370. The van der Waals surface area contributed by atoms with E-state index in [4.69, 9.17) is 0 Å². The number of rotatable bonds is 5. The quantitative estimate of drug-likeness (QED) is 0.473. The molecule has 0 aromatic carbocycles. The van der Waals surface area contributed by atoms with Crippen molar-refractivity contribution in [3.63, 3.8) is 0 Å². The van der Waals surface area contributed by atoms with Crippen molar-refractivity contribution >= 4 is 22.8 Å². The van der Waals surface area contributed by atoms with E-state index >= 15 is 0 Å². The van der Waals surface area contributed by atoms with Crippen molar-refractivity contribution in [1.29, 1.82) is 0 Å².